The summed E-state index contributed by atoms with van der Waals surface area (Å²) in [7, 11) is -3.85. The van der Waals surface area contributed by atoms with Crippen LogP contribution in [0.4, 0.5) is 5.69 Å². The number of oxime groups is 1. The van der Waals surface area contributed by atoms with E-state index in [0.717, 1.165) is 5.56 Å². The van der Waals surface area contributed by atoms with Crippen molar-refractivity contribution in [3.05, 3.63) is 48.0 Å². The van der Waals surface area contributed by atoms with Crippen LogP contribution in [0.5, 0.6) is 11.5 Å². The molecule has 3 N–H and O–H groups in total. The highest BCUT2D eigenvalue weighted by atomic mass is 32.2. The van der Waals surface area contributed by atoms with Crippen LogP contribution in [0, 0.1) is 0 Å². The minimum Gasteiger partial charge on any atom is -0.454 e. The molecule has 10 heteroatoms. The second-order valence-corrected chi connectivity index (χ2v) is 7.20. The van der Waals surface area contributed by atoms with Gasteiger partial charge in [0.1, 0.15) is 0 Å². The largest absolute Gasteiger partial charge is 0.454 e. The third-order valence-corrected chi connectivity index (χ3v) is 4.54. The second kappa shape index (κ2) is 7.64. The number of hydrogen-bond acceptors (Lipinski definition) is 7. The fourth-order valence-electron chi connectivity index (χ4n) is 2.31. The number of nitrogens with two attached hydrogens (primary N) is 1. The van der Waals surface area contributed by atoms with Crippen molar-refractivity contribution in [2.24, 2.45) is 10.3 Å². The molecule has 1 aliphatic rings. The maximum Gasteiger partial charge on any atom is 0.265 e. The molecule has 0 unspecified atom stereocenters. The topological polar surface area (TPSA) is 129 Å². The van der Waals surface area contributed by atoms with Crippen LogP contribution in [-0.4, -0.2) is 33.4 Å². The number of carbonyl (C=O) groups is 1. The zero-order valence-corrected chi connectivity index (χ0v) is 15.2. The highest BCUT2D eigenvalue weighted by molar-refractivity contribution is 7.89. The van der Waals surface area contributed by atoms with Crippen molar-refractivity contribution in [1.29, 1.82) is 0 Å². The van der Waals surface area contributed by atoms with Crippen molar-refractivity contribution in [2.75, 3.05) is 18.7 Å². The number of anilines is 1. The summed E-state index contributed by atoms with van der Waals surface area (Å²) in [6.45, 7) is 1.56. The molecule has 1 aliphatic heterocycles. The number of rotatable bonds is 6. The number of sulfonamides is 1. The lowest BCUT2D eigenvalue weighted by molar-refractivity contribution is -0.120. The number of amides is 1. The Hall–Kier alpha value is -3.11. The lowest BCUT2D eigenvalue weighted by atomic mass is 10.1. The fourth-order valence-corrected chi connectivity index (χ4v) is 2.87. The van der Waals surface area contributed by atoms with Gasteiger partial charge in [-0.1, -0.05) is 11.2 Å². The zero-order valence-electron chi connectivity index (χ0n) is 14.3. The van der Waals surface area contributed by atoms with Gasteiger partial charge in [-0.3, -0.25) is 4.79 Å². The average molecular weight is 391 g/mol. The van der Waals surface area contributed by atoms with Crippen molar-refractivity contribution >= 4 is 27.3 Å². The van der Waals surface area contributed by atoms with Crippen LogP contribution in [0.2, 0.25) is 0 Å². The van der Waals surface area contributed by atoms with Crippen molar-refractivity contribution < 1.29 is 27.5 Å². The van der Waals surface area contributed by atoms with Crippen LogP contribution in [0.25, 0.3) is 0 Å². The molecule has 2 aromatic rings. The highest BCUT2D eigenvalue weighted by Crippen LogP contribution is 2.32. The molecule has 0 saturated carbocycles. The van der Waals surface area contributed by atoms with Crippen molar-refractivity contribution in [1.82, 2.24) is 0 Å². The molecule has 0 atom stereocenters. The van der Waals surface area contributed by atoms with Crippen molar-refractivity contribution in [2.45, 2.75) is 11.8 Å². The molecule has 27 heavy (non-hydrogen) atoms. The smallest absolute Gasteiger partial charge is 0.265 e. The van der Waals surface area contributed by atoms with Gasteiger partial charge in [0, 0.05) is 11.3 Å². The maximum absolute atomic E-state index is 11.9. The lowest BCUT2D eigenvalue weighted by Gasteiger charge is -2.07. The molecule has 3 rings (SSSR count). The molecule has 0 aromatic heterocycles. The first-order valence-electron chi connectivity index (χ1n) is 7.82. The highest BCUT2D eigenvalue weighted by Gasteiger charge is 2.14. The van der Waals surface area contributed by atoms with E-state index in [1.165, 1.54) is 24.3 Å². The Morgan fingerprint density at radius 2 is 2.00 bits per heavy atom. The molecule has 142 valence electrons. The number of hydrogen-bond donors (Lipinski definition) is 2. The molecule has 0 radical (unpaired) electrons. The molecule has 0 spiro atoms. The number of fused-ring (bicyclic) bond motifs is 1. The van der Waals surface area contributed by atoms with E-state index in [0.29, 0.717) is 17.2 Å². The summed E-state index contributed by atoms with van der Waals surface area (Å²) >= 11 is 0. The Morgan fingerprint density at radius 1 is 1.22 bits per heavy atom. The van der Waals surface area contributed by atoms with Crippen molar-refractivity contribution in [3.8, 4) is 11.5 Å². The number of nitrogens with one attached hydrogen (secondary N) is 1. The van der Waals surface area contributed by atoms with Gasteiger partial charge in [-0.25, -0.2) is 13.6 Å². The first-order valence-corrected chi connectivity index (χ1v) is 9.37. The molecule has 0 bridgehead atoms. The normalized spacial score (nSPS) is 13.3. The van der Waals surface area contributed by atoms with E-state index in [1.807, 2.05) is 0 Å². The Balaban J connectivity index is 1.57. The van der Waals surface area contributed by atoms with Gasteiger partial charge in [0.15, 0.2) is 18.1 Å². The van der Waals surface area contributed by atoms with Crippen molar-refractivity contribution in [3.63, 3.8) is 0 Å². The predicted molar refractivity (Wildman–Crippen MR) is 97.2 cm³/mol. The number of primary sulfonamides is 1. The summed E-state index contributed by atoms with van der Waals surface area (Å²) in [5, 5.41) is 11.5. The first kappa shape index (κ1) is 18.7. The summed E-state index contributed by atoms with van der Waals surface area (Å²) in [4.78, 5) is 16.9. The minimum atomic E-state index is -3.85. The first-order chi connectivity index (χ1) is 12.8. The van der Waals surface area contributed by atoms with E-state index in [4.69, 9.17) is 19.5 Å². The van der Waals surface area contributed by atoms with Gasteiger partial charge < -0.3 is 19.6 Å². The molecule has 0 saturated heterocycles. The summed E-state index contributed by atoms with van der Waals surface area (Å²) in [6, 6.07) is 10.9. The molecule has 0 aliphatic carbocycles. The number of nitrogens with zero attached hydrogens (tertiary/aromatic N) is 1. The monoisotopic (exact) mass is 391 g/mol. The maximum atomic E-state index is 11.9. The lowest BCUT2D eigenvalue weighted by Crippen LogP contribution is -2.18. The van der Waals surface area contributed by atoms with Gasteiger partial charge in [-0.15, -0.1) is 0 Å². The Morgan fingerprint density at radius 3 is 2.78 bits per heavy atom. The number of carbonyl (C=O) groups excluding carboxylic acids is 1. The van der Waals surface area contributed by atoms with Crippen LogP contribution >= 0.6 is 0 Å². The van der Waals surface area contributed by atoms with Gasteiger partial charge in [0.05, 0.1) is 10.6 Å². The van der Waals surface area contributed by atoms with E-state index in [2.05, 4.69) is 10.5 Å². The van der Waals surface area contributed by atoms with Crippen LogP contribution in [-0.2, 0) is 19.7 Å². The quantitative estimate of drug-likeness (QED) is 0.566. The van der Waals surface area contributed by atoms with Crippen LogP contribution < -0.4 is 19.9 Å². The number of ether oxygens (including phenoxy) is 2. The predicted octanol–water partition coefficient (Wildman–Crippen LogP) is 1.44. The second-order valence-electron chi connectivity index (χ2n) is 5.64. The van der Waals surface area contributed by atoms with E-state index in [-0.39, 0.29) is 24.0 Å². The van der Waals surface area contributed by atoms with E-state index in [1.54, 1.807) is 25.1 Å². The van der Waals surface area contributed by atoms with Crippen LogP contribution in [0.3, 0.4) is 0 Å². The summed E-state index contributed by atoms with van der Waals surface area (Å²) in [5.41, 5.74) is 1.60. The summed E-state index contributed by atoms with van der Waals surface area (Å²) in [6.07, 6.45) is 0. The third kappa shape index (κ3) is 4.74. The molecule has 9 nitrogen and oxygen atoms in total. The van der Waals surface area contributed by atoms with Gasteiger partial charge in [0.2, 0.25) is 16.8 Å². The fraction of sp³-hybridized carbons (Fsp3) is 0.176. The molecular formula is C17H17N3O6S. The van der Waals surface area contributed by atoms with Crippen LogP contribution in [0.15, 0.2) is 52.5 Å². The minimum absolute atomic E-state index is 0.0992. The molecular weight excluding hydrogens is 374 g/mol. The Kier molecular flexibility index (Phi) is 5.28. The Bertz CT molecular complexity index is 1000. The van der Waals surface area contributed by atoms with Gasteiger partial charge in [-0.05, 0) is 43.3 Å². The molecule has 0 fully saturated rings. The standard InChI is InChI=1S/C17H17N3O6S/c1-11(12-5-6-15-16(7-12)25-10-24-15)20-26-9-17(21)19-13-3-2-4-14(8-13)27(18,22)23/h2-8H,9-10H2,1H3,(H,19,21)(H2,18,22,23)/b20-11-. The van der Waals surface area contributed by atoms with Gasteiger partial charge >= 0.3 is 0 Å². The van der Waals surface area contributed by atoms with E-state index >= 15 is 0 Å². The van der Waals surface area contributed by atoms with Crippen LogP contribution in [0.1, 0.15) is 12.5 Å². The van der Waals surface area contributed by atoms with E-state index in [9.17, 15) is 13.2 Å². The number of benzene rings is 2. The SMILES string of the molecule is C/C(=N/OCC(=O)Nc1cccc(S(N)(=O)=O)c1)c1ccc2c(c1)OCO2. The third-order valence-electron chi connectivity index (χ3n) is 3.63. The molecule has 1 heterocycles. The van der Waals surface area contributed by atoms with Gasteiger partial charge in [-0.2, -0.15) is 0 Å². The molecule has 2 aromatic carbocycles. The average Bonchev–Trinajstić information content (AvgIpc) is 3.08. The summed E-state index contributed by atoms with van der Waals surface area (Å²) in [5.74, 6) is 0.784. The van der Waals surface area contributed by atoms with E-state index < -0.39 is 15.9 Å². The zero-order chi connectivity index (χ0) is 19.4. The molecule has 1 amide bonds. The summed E-state index contributed by atoms with van der Waals surface area (Å²) < 4.78 is 33.2. The Labute approximate surface area is 155 Å². The van der Waals surface area contributed by atoms with Gasteiger partial charge in [0.25, 0.3) is 5.91 Å².